The van der Waals surface area contributed by atoms with Crippen LogP contribution in [0.1, 0.15) is 11.1 Å². The second kappa shape index (κ2) is 7.15. The number of halogens is 2. The Hall–Kier alpha value is -1.98. The van der Waals surface area contributed by atoms with Gasteiger partial charge in [-0.2, -0.15) is 0 Å². The molecular weight excluding hydrogens is 295 g/mol. The Balaban J connectivity index is 1.86. The minimum Gasteiger partial charge on any atom is -0.312 e. The average molecular weight is 309 g/mol. The van der Waals surface area contributed by atoms with Gasteiger partial charge in [0.1, 0.15) is 5.82 Å². The lowest BCUT2D eigenvalue weighted by Crippen LogP contribution is -2.16. The third-order valence-corrected chi connectivity index (χ3v) is 3.24. The Morgan fingerprint density at radius 3 is 2.52 bits per heavy atom. The normalized spacial score (nSPS) is 10.6. The van der Waals surface area contributed by atoms with Gasteiger partial charge in [0.15, 0.2) is 0 Å². The fraction of sp³-hybridized carbons (Fsp3) is 0.200. The van der Waals surface area contributed by atoms with Gasteiger partial charge in [0.05, 0.1) is 11.0 Å². The molecule has 1 N–H and O–H groups in total. The lowest BCUT2D eigenvalue weighted by Gasteiger charge is -2.06. The molecule has 2 aromatic rings. The van der Waals surface area contributed by atoms with E-state index in [0.717, 1.165) is 18.1 Å². The van der Waals surface area contributed by atoms with Crippen molar-refractivity contribution in [3.05, 3.63) is 74.5 Å². The number of rotatable bonds is 6. The maximum Gasteiger partial charge on any atom is 0.272 e. The van der Waals surface area contributed by atoms with Crippen LogP contribution in [0.3, 0.4) is 0 Å². The van der Waals surface area contributed by atoms with Crippen LogP contribution < -0.4 is 5.32 Å². The zero-order valence-electron chi connectivity index (χ0n) is 11.2. The number of nitro benzene ring substituents is 1. The molecule has 0 aliphatic heterocycles. The fourth-order valence-electron chi connectivity index (χ4n) is 1.96. The van der Waals surface area contributed by atoms with Crippen LogP contribution in [0.2, 0.25) is 5.02 Å². The van der Waals surface area contributed by atoms with Gasteiger partial charge in [0.25, 0.3) is 5.69 Å². The van der Waals surface area contributed by atoms with Gasteiger partial charge < -0.3 is 5.32 Å². The van der Waals surface area contributed by atoms with E-state index in [1.807, 2.05) is 24.3 Å². The standard InChI is InChI=1S/C15H14ClFN2O2/c16-13-3-1-11(2-4-13)5-6-18-10-12-7-14(17)9-15(8-12)19(20)21/h1-4,7-9,18H,5-6,10H2. The van der Waals surface area contributed by atoms with Crippen LogP contribution in [0.5, 0.6) is 0 Å². The fourth-order valence-corrected chi connectivity index (χ4v) is 2.08. The highest BCUT2D eigenvalue weighted by atomic mass is 35.5. The zero-order valence-corrected chi connectivity index (χ0v) is 11.9. The topological polar surface area (TPSA) is 55.2 Å². The Morgan fingerprint density at radius 1 is 1.14 bits per heavy atom. The number of nitro groups is 1. The number of non-ortho nitro benzene ring substituents is 1. The number of hydrogen-bond donors (Lipinski definition) is 1. The van der Waals surface area contributed by atoms with Crippen molar-refractivity contribution in [3.63, 3.8) is 0 Å². The largest absolute Gasteiger partial charge is 0.312 e. The van der Waals surface area contributed by atoms with Crippen molar-refractivity contribution in [1.29, 1.82) is 0 Å². The van der Waals surface area contributed by atoms with E-state index in [-0.39, 0.29) is 5.69 Å². The van der Waals surface area contributed by atoms with Gasteiger partial charge in [-0.3, -0.25) is 10.1 Å². The van der Waals surface area contributed by atoms with Gasteiger partial charge in [-0.1, -0.05) is 23.7 Å². The number of benzene rings is 2. The molecule has 0 aromatic heterocycles. The van der Waals surface area contributed by atoms with Crippen LogP contribution in [0, 0.1) is 15.9 Å². The van der Waals surface area contributed by atoms with E-state index in [0.29, 0.717) is 23.7 Å². The van der Waals surface area contributed by atoms with Crippen molar-refractivity contribution < 1.29 is 9.31 Å². The summed E-state index contributed by atoms with van der Waals surface area (Å²) in [6.45, 7) is 1.07. The highest BCUT2D eigenvalue weighted by Gasteiger charge is 2.09. The Morgan fingerprint density at radius 2 is 1.86 bits per heavy atom. The molecular formula is C15H14ClFN2O2. The van der Waals surface area contributed by atoms with Crippen LogP contribution in [0.25, 0.3) is 0 Å². The minimum atomic E-state index is -0.598. The Bertz CT molecular complexity index is 632. The lowest BCUT2D eigenvalue weighted by molar-refractivity contribution is -0.385. The molecule has 2 aromatic carbocycles. The van der Waals surface area contributed by atoms with Crippen LogP contribution in [-0.2, 0) is 13.0 Å². The predicted octanol–water partition coefficient (Wildman–Crippen LogP) is 3.72. The monoisotopic (exact) mass is 308 g/mol. The summed E-state index contributed by atoms with van der Waals surface area (Å²) in [6, 6.07) is 11.1. The summed E-state index contributed by atoms with van der Waals surface area (Å²) in [6.07, 6.45) is 0.800. The van der Waals surface area contributed by atoms with Crippen molar-refractivity contribution in [3.8, 4) is 0 Å². The molecule has 0 radical (unpaired) electrons. The molecule has 110 valence electrons. The van der Waals surface area contributed by atoms with E-state index in [4.69, 9.17) is 11.6 Å². The molecule has 4 nitrogen and oxygen atoms in total. The molecule has 0 spiro atoms. The first-order chi connectivity index (χ1) is 10.0. The molecule has 0 saturated heterocycles. The highest BCUT2D eigenvalue weighted by molar-refractivity contribution is 6.30. The van der Waals surface area contributed by atoms with Crippen molar-refractivity contribution in [2.45, 2.75) is 13.0 Å². The maximum atomic E-state index is 13.3. The van der Waals surface area contributed by atoms with E-state index in [1.165, 1.54) is 12.1 Å². The molecule has 21 heavy (non-hydrogen) atoms. The summed E-state index contributed by atoms with van der Waals surface area (Å²) in [4.78, 5) is 10.1. The maximum absolute atomic E-state index is 13.3. The summed E-state index contributed by atoms with van der Waals surface area (Å²) < 4.78 is 13.3. The van der Waals surface area contributed by atoms with Gasteiger partial charge in [-0.25, -0.2) is 4.39 Å². The lowest BCUT2D eigenvalue weighted by atomic mass is 10.1. The first kappa shape index (κ1) is 15.4. The molecule has 0 bridgehead atoms. The van der Waals surface area contributed by atoms with Crippen LogP contribution in [-0.4, -0.2) is 11.5 Å². The van der Waals surface area contributed by atoms with Crippen molar-refractivity contribution >= 4 is 17.3 Å². The average Bonchev–Trinajstić information content (AvgIpc) is 2.45. The molecule has 6 heteroatoms. The molecule has 0 saturated carbocycles. The molecule has 0 aliphatic rings. The van der Waals surface area contributed by atoms with E-state index in [9.17, 15) is 14.5 Å². The molecule has 0 amide bonds. The second-order valence-electron chi connectivity index (χ2n) is 4.63. The third kappa shape index (κ3) is 4.81. The molecule has 0 aliphatic carbocycles. The number of hydrogen-bond acceptors (Lipinski definition) is 3. The highest BCUT2D eigenvalue weighted by Crippen LogP contribution is 2.16. The molecule has 2 rings (SSSR count). The number of nitrogens with one attached hydrogen (secondary N) is 1. The Labute approximate surface area is 126 Å². The van der Waals surface area contributed by atoms with E-state index in [2.05, 4.69) is 5.32 Å². The van der Waals surface area contributed by atoms with E-state index >= 15 is 0 Å². The second-order valence-corrected chi connectivity index (χ2v) is 5.06. The molecule has 0 unspecified atom stereocenters. The van der Waals surface area contributed by atoms with Crippen molar-refractivity contribution in [2.75, 3.05) is 6.54 Å². The summed E-state index contributed by atoms with van der Waals surface area (Å²) in [5.74, 6) is -0.598. The van der Waals surface area contributed by atoms with E-state index in [1.54, 1.807) is 0 Å². The summed E-state index contributed by atoms with van der Waals surface area (Å²) in [5.41, 5.74) is 1.46. The van der Waals surface area contributed by atoms with Crippen LogP contribution in [0.15, 0.2) is 42.5 Å². The third-order valence-electron chi connectivity index (χ3n) is 2.99. The van der Waals surface area contributed by atoms with Crippen LogP contribution >= 0.6 is 11.6 Å². The van der Waals surface area contributed by atoms with Gasteiger partial charge in [-0.05, 0) is 42.3 Å². The SMILES string of the molecule is O=[N+]([O-])c1cc(F)cc(CNCCc2ccc(Cl)cc2)c1. The molecule has 0 atom stereocenters. The quantitative estimate of drug-likeness (QED) is 0.503. The van der Waals surface area contributed by atoms with Gasteiger partial charge in [0, 0.05) is 17.6 Å². The smallest absolute Gasteiger partial charge is 0.272 e. The summed E-state index contributed by atoms with van der Waals surface area (Å²) in [7, 11) is 0. The molecule has 0 fully saturated rings. The zero-order chi connectivity index (χ0) is 15.2. The van der Waals surface area contributed by atoms with Crippen molar-refractivity contribution in [1.82, 2.24) is 5.32 Å². The van der Waals surface area contributed by atoms with Crippen LogP contribution in [0.4, 0.5) is 10.1 Å². The van der Waals surface area contributed by atoms with Crippen molar-refractivity contribution in [2.24, 2.45) is 0 Å². The Kier molecular flexibility index (Phi) is 5.25. The predicted molar refractivity (Wildman–Crippen MR) is 79.9 cm³/mol. The van der Waals surface area contributed by atoms with Gasteiger partial charge in [0.2, 0.25) is 0 Å². The first-order valence-corrected chi connectivity index (χ1v) is 6.81. The van der Waals surface area contributed by atoms with Gasteiger partial charge >= 0.3 is 0 Å². The summed E-state index contributed by atoms with van der Waals surface area (Å²) >= 11 is 5.80. The van der Waals surface area contributed by atoms with Gasteiger partial charge in [-0.15, -0.1) is 0 Å². The summed E-state index contributed by atoms with van der Waals surface area (Å²) in [5, 5.41) is 14.5. The van der Waals surface area contributed by atoms with E-state index < -0.39 is 10.7 Å². The molecule has 0 heterocycles. The first-order valence-electron chi connectivity index (χ1n) is 6.43. The minimum absolute atomic E-state index is 0.232. The number of nitrogens with zero attached hydrogens (tertiary/aromatic N) is 1.